The second-order valence-corrected chi connectivity index (χ2v) is 18.4. The molecule has 0 radical (unpaired) electrons. The quantitative estimate of drug-likeness (QED) is 0.142. The average molecular weight is 905 g/mol. The van der Waals surface area contributed by atoms with Gasteiger partial charge in [-0.05, 0) is 139 Å². The number of rotatable bonds is 8. The molecule has 3 heteroatoms. The predicted molar refractivity (Wildman–Crippen MR) is 299 cm³/mol. The highest BCUT2D eigenvalue weighted by atomic mass is 16.3. The van der Waals surface area contributed by atoms with E-state index in [4.69, 9.17) is 4.42 Å². The number of fused-ring (bicyclic) bond motifs is 9. The monoisotopic (exact) mass is 904 g/mol. The molecule has 0 atom stereocenters. The minimum Gasteiger partial charge on any atom is -0.456 e. The standard InChI is InChI=1S/C68H44N2O/c1-2-16-56-48(13-1)27-28-52-44-51(35-42-57(52)56)47-31-38-54(39-32-47)69(63-22-7-5-19-60(63)61-21-12-26-67-68(61)62-20-6-10-25-66(62)71-67)53-36-29-45(30-37-53)49-14-11-15-50(43-49)46-33-40-55(41-34-46)70-64-23-8-3-17-58(64)59-18-4-9-24-65(59)70/h1-44H. The van der Waals surface area contributed by atoms with E-state index in [0.29, 0.717) is 0 Å². The van der Waals surface area contributed by atoms with Gasteiger partial charge in [0, 0.05) is 44.2 Å². The van der Waals surface area contributed by atoms with Crippen LogP contribution in [-0.4, -0.2) is 4.57 Å². The molecule has 0 aliphatic carbocycles. The van der Waals surface area contributed by atoms with Crippen molar-refractivity contribution in [3.63, 3.8) is 0 Å². The van der Waals surface area contributed by atoms with E-state index in [-0.39, 0.29) is 0 Å². The Morgan fingerprint density at radius 3 is 1.49 bits per heavy atom. The van der Waals surface area contributed by atoms with E-state index in [2.05, 4.69) is 270 Å². The van der Waals surface area contributed by atoms with E-state index in [0.717, 1.165) is 61.4 Å². The minimum absolute atomic E-state index is 0.878. The lowest BCUT2D eigenvalue weighted by atomic mass is 9.96. The second-order valence-electron chi connectivity index (χ2n) is 18.4. The smallest absolute Gasteiger partial charge is 0.136 e. The van der Waals surface area contributed by atoms with E-state index < -0.39 is 0 Å². The molecule has 0 aliphatic heterocycles. The van der Waals surface area contributed by atoms with E-state index in [1.54, 1.807) is 0 Å². The largest absolute Gasteiger partial charge is 0.456 e. The molecule has 71 heavy (non-hydrogen) atoms. The molecule has 0 spiro atoms. The van der Waals surface area contributed by atoms with Gasteiger partial charge in [0.15, 0.2) is 0 Å². The Balaban J connectivity index is 0.837. The van der Waals surface area contributed by atoms with Crippen LogP contribution in [0.25, 0.3) is 115 Å². The Morgan fingerprint density at radius 1 is 0.296 bits per heavy atom. The van der Waals surface area contributed by atoms with Gasteiger partial charge in [0.2, 0.25) is 0 Å². The van der Waals surface area contributed by atoms with Crippen LogP contribution >= 0.6 is 0 Å². The van der Waals surface area contributed by atoms with Gasteiger partial charge in [-0.1, -0.05) is 188 Å². The fourth-order valence-electron chi connectivity index (χ4n) is 11.0. The first-order chi connectivity index (χ1) is 35.2. The molecule has 3 nitrogen and oxygen atoms in total. The van der Waals surface area contributed by atoms with Crippen LogP contribution in [0.1, 0.15) is 0 Å². The van der Waals surface area contributed by atoms with E-state index >= 15 is 0 Å². The van der Waals surface area contributed by atoms with Crippen molar-refractivity contribution in [1.82, 2.24) is 4.57 Å². The number of aromatic nitrogens is 1. The van der Waals surface area contributed by atoms with E-state index in [9.17, 15) is 0 Å². The van der Waals surface area contributed by atoms with Crippen molar-refractivity contribution in [2.24, 2.45) is 0 Å². The summed E-state index contributed by atoms with van der Waals surface area (Å²) in [6.07, 6.45) is 0. The fourth-order valence-corrected chi connectivity index (χ4v) is 11.0. The maximum atomic E-state index is 6.41. The Labute approximate surface area is 411 Å². The van der Waals surface area contributed by atoms with Crippen molar-refractivity contribution in [2.75, 3.05) is 4.90 Å². The molecule has 2 heterocycles. The highest BCUT2D eigenvalue weighted by molar-refractivity contribution is 6.14. The van der Waals surface area contributed by atoms with Gasteiger partial charge < -0.3 is 13.9 Å². The molecule has 0 unspecified atom stereocenters. The molecule has 14 aromatic rings. The molecule has 0 saturated carbocycles. The summed E-state index contributed by atoms with van der Waals surface area (Å²) in [5.41, 5.74) is 17.8. The maximum absolute atomic E-state index is 6.41. The summed E-state index contributed by atoms with van der Waals surface area (Å²) in [5.74, 6) is 0. The Bertz CT molecular complexity index is 4280. The Hall–Kier alpha value is -9.44. The second kappa shape index (κ2) is 16.7. The summed E-state index contributed by atoms with van der Waals surface area (Å²) in [7, 11) is 0. The van der Waals surface area contributed by atoms with Gasteiger partial charge in [0.25, 0.3) is 0 Å². The predicted octanol–water partition coefficient (Wildman–Crippen LogP) is 19.1. The third kappa shape index (κ3) is 6.89. The molecule has 0 bridgehead atoms. The first-order valence-electron chi connectivity index (χ1n) is 24.3. The van der Waals surface area contributed by atoms with Crippen LogP contribution in [0.15, 0.2) is 271 Å². The van der Waals surface area contributed by atoms with Crippen molar-refractivity contribution in [3.8, 4) is 50.2 Å². The van der Waals surface area contributed by atoms with Crippen LogP contribution in [0.3, 0.4) is 0 Å². The Kier molecular flexibility index (Phi) is 9.53. The summed E-state index contributed by atoms with van der Waals surface area (Å²) in [4.78, 5) is 2.39. The van der Waals surface area contributed by atoms with Crippen LogP contribution in [0.2, 0.25) is 0 Å². The summed E-state index contributed by atoms with van der Waals surface area (Å²) in [6, 6.07) is 96.7. The van der Waals surface area contributed by atoms with Crippen LogP contribution in [0.5, 0.6) is 0 Å². The highest BCUT2D eigenvalue weighted by Gasteiger charge is 2.21. The fraction of sp³-hybridized carbons (Fsp3) is 0. The number of para-hydroxylation sites is 4. The van der Waals surface area contributed by atoms with Crippen molar-refractivity contribution < 1.29 is 4.42 Å². The molecule has 0 N–H and O–H groups in total. The summed E-state index contributed by atoms with van der Waals surface area (Å²) >= 11 is 0. The molecule has 14 rings (SSSR count). The van der Waals surface area contributed by atoms with E-state index in [1.165, 1.54) is 71.2 Å². The zero-order valence-electron chi connectivity index (χ0n) is 38.7. The molecule has 0 aliphatic rings. The summed E-state index contributed by atoms with van der Waals surface area (Å²) in [6.45, 7) is 0. The first-order valence-corrected chi connectivity index (χ1v) is 24.3. The van der Waals surface area contributed by atoms with Gasteiger partial charge in [-0.3, -0.25) is 0 Å². The van der Waals surface area contributed by atoms with Gasteiger partial charge in [0.05, 0.1) is 16.7 Å². The third-order valence-electron chi connectivity index (χ3n) is 14.4. The average Bonchev–Trinajstić information content (AvgIpc) is 4.00. The molecule has 0 amide bonds. The number of furan rings is 1. The molecular weight excluding hydrogens is 861 g/mol. The lowest BCUT2D eigenvalue weighted by Crippen LogP contribution is -2.11. The van der Waals surface area contributed by atoms with Crippen LogP contribution in [-0.2, 0) is 0 Å². The molecule has 0 saturated heterocycles. The van der Waals surface area contributed by atoms with Crippen molar-refractivity contribution in [1.29, 1.82) is 0 Å². The SMILES string of the molecule is c1cc(-c2ccc(N(c3ccc(-c4ccc5c(ccc6ccccc65)c4)cc3)c3ccccc3-c3cccc4oc5ccccc5c34)cc2)cc(-c2ccc(-n3c4ccccc4c4ccccc43)cc2)c1. The number of hydrogen-bond acceptors (Lipinski definition) is 2. The van der Waals surface area contributed by atoms with Gasteiger partial charge in [-0.2, -0.15) is 0 Å². The van der Waals surface area contributed by atoms with Crippen molar-refractivity contribution in [3.05, 3.63) is 267 Å². The van der Waals surface area contributed by atoms with Gasteiger partial charge in [-0.15, -0.1) is 0 Å². The van der Waals surface area contributed by atoms with E-state index in [1.807, 2.05) is 6.07 Å². The maximum Gasteiger partial charge on any atom is 0.136 e. The molecule has 0 fully saturated rings. The van der Waals surface area contributed by atoms with Crippen LogP contribution < -0.4 is 4.90 Å². The number of hydrogen-bond donors (Lipinski definition) is 0. The Morgan fingerprint density at radius 2 is 0.789 bits per heavy atom. The van der Waals surface area contributed by atoms with Crippen molar-refractivity contribution in [2.45, 2.75) is 0 Å². The zero-order chi connectivity index (χ0) is 46.8. The normalized spacial score (nSPS) is 11.7. The molecule has 2 aromatic heterocycles. The third-order valence-corrected chi connectivity index (χ3v) is 14.4. The summed E-state index contributed by atoms with van der Waals surface area (Å²) < 4.78 is 8.78. The minimum atomic E-state index is 0.878. The number of nitrogens with zero attached hydrogens (tertiary/aromatic N) is 2. The number of anilines is 3. The van der Waals surface area contributed by atoms with Crippen LogP contribution in [0, 0.1) is 0 Å². The molecule has 12 aromatic carbocycles. The van der Waals surface area contributed by atoms with Crippen molar-refractivity contribution >= 4 is 82.4 Å². The molecular formula is C68H44N2O. The number of benzene rings is 12. The van der Waals surface area contributed by atoms with Gasteiger partial charge in [0.1, 0.15) is 11.2 Å². The van der Waals surface area contributed by atoms with Gasteiger partial charge >= 0.3 is 0 Å². The molecule has 332 valence electrons. The first kappa shape index (κ1) is 40.6. The van der Waals surface area contributed by atoms with Crippen LogP contribution in [0.4, 0.5) is 17.1 Å². The zero-order valence-corrected chi connectivity index (χ0v) is 38.7. The lowest BCUT2D eigenvalue weighted by molar-refractivity contribution is 0.669. The topological polar surface area (TPSA) is 21.3 Å². The van der Waals surface area contributed by atoms with Gasteiger partial charge in [-0.25, -0.2) is 0 Å². The lowest BCUT2D eigenvalue weighted by Gasteiger charge is -2.28. The highest BCUT2D eigenvalue weighted by Crippen LogP contribution is 2.46. The summed E-state index contributed by atoms with van der Waals surface area (Å²) in [5, 5.41) is 9.80.